The summed E-state index contributed by atoms with van der Waals surface area (Å²) in [4.78, 5) is 21.8. The summed E-state index contributed by atoms with van der Waals surface area (Å²) in [5.74, 6) is 5.02. The Morgan fingerprint density at radius 1 is 1.47 bits per heavy atom. The molecule has 7 heteroatoms. The van der Waals surface area contributed by atoms with Crippen molar-refractivity contribution in [3.05, 3.63) is 37.9 Å². The van der Waals surface area contributed by atoms with Gasteiger partial charge in [0.25, 0.3) is 11.6 Å². The molecule has 0 aromatic heterocycles. The summed E-state index contributed by atoms with van der Waals surface area (Å²) in [7, 11) is 0. The van der Waals surface area contributed by atoms with Gasteiger partial charge in [0.1, 0.15) is 5.02 Å². The summed E-state index contributed by atoms with van der Waals surface area (Å²) in [5.41, 5.74) is -0.307. The van der Waals surface area contributed by atoms with Crippen LogP contribution in [0.1, 0.15) is 23.7 Å². The standard InChI is InChI=1S/C12H10Cl2N2O3/c1-2-3-4-5-15-12(17)8-6-9(13)11(14)10(7-8)16(18)19/h6-7H,4-5H2,1H3,(H,15,17). The first kappa shape index (κ1) is 15.3. The highest BCUT2D eigenvalue weighted by atomic mass is 35.5. The van der Waals surface area contributed by atoms with E-state index in [-0.39, 0.29) is 15.6 Å². The molecule has 0 aliphatic heterocycles. The Balaban J connectivity index is 2.91. The van der Waals surface area contributed by atoms with Crippen molar-refractivity contribution >= 4 is 34.8 Å². The number of carbonyl (C=O) groups excluding carboxylic acids is 1. The molecule has 0 aliphatic carbocycles. The molecule has 1 rings (SSSR count). The molecule has 1 aromatic rings. The fourth-order valence-electron chi connectivity index (χ4n) is 1.30. The number of halogens is 2. The predicted octanol–water partition coefficient (Wildman–Crippen LogP) is 3.04. The Morgan fingerprint density at radius 2 is 2.16 bits per heavy atom. The highest BCUT2D eigenvalue weighted by Crippen LogP contribution is 2.32. The lowest BCUT2D eigenvalue weighted by atomic mass is 10.2. The number of nitrogens with zero attached hydrogens (tertiary/aromatic N) is 1. The molecule has 1 aromatic carbocycles. The third kappa shape index (κ3) is 4.12. The van der Waals surface area contributed by atoms with E-state index in [1.54, 1.807) is 6.92 Å². The molecule has 0 heterocycles. The first-order chi connectivity index (χ1) is 8.97. The van der Waals surface area contributed by atoms with Gasteiger partial charge >= 0.3 is 0 Å². The second-order valence-corrected chi connectivity index (χ2v) is 4.27. The largest absolute Gasteiger partial charge is 0.351 e. The van der Waals surface area contributed by atoms with Crippen LogP contribution in [0.5, 0.6) is 0 Å². The SMILES string of the molecule is CC#CCCNC(=O)c1cc(Cl)c(Cl)c([N+](=O)[O-])c1. The Hall–Kier alpha value is -1.77. The minimum absolute atomic E-state index is 0.0330. The van der Waals surface area contributed by atoms with Gasteiger partial charge in [-0.15, -0.1) is 11.8 Å². The maximum Gasteiger partial charge on any atom is 0.290 e. The summed E-state index contributed by atoms with van der Waals surface area (Å²) >= 11 is 11.4. The Morgan fingerprint density at radius 3 is 2.74 bits per heavy atom. The number of hydrogen-bond donors (Lipinski definition) is 1. The monoisotopic (exact) mass is 300 g/mol. The highest BCUT2D eigenvalue weighted by molar-refractivity contribution is 6.43. The van der Waals surface area contributed by atoms with E-state index in [9.17, 15) is 14.9 Å². The summed E-state index contributed by atoms with van der Waals surface area (Å²) in [5, 5.41) is 13.1. The number of rotatable bonds is 4. The number of amides is 1. The quantitative estimate of drug-likeness (QED) is 0.402. The van der Waals surface area contributed by atoms with Crippen molar-refractivity contribution in [3.8, 4) is 11.8 Å². The molecule has 0 saturated carbocycles. The molecule has 5 nitrogen and oxygen atoms in total. The normalized spacial score (nSPS) is 9.42. The molecule has 0 fully saturated rings. The van der Waals surface area contributed by atoms with Crippen LogP contribution in [-0.2, 0) is 0 Å². The van der Waals surface area contributed by atoms with E-state index >= 15 is 0 Å². The molecule has 1 N–H and O–H groups in total. The third-order valence-corrected chi connectivity index (χ3v) is 2.97. The van der Waals surface area contributed by atoms with Gasteiger partial charge in [0.2, 0.25) is 0 Å². The molecule has 100 valence electrons. The maximum absolute atomic E-state index is 11.8. The van der Waals surface area contributed by atoms with Gasteiger partial charge in [0.05, 0.1) is 9.95 Å². The molecule has 19 heavy (non-hydrogen) atoms. The van der Waals surface area contributed by atoms with E-state index in [1.807, 2.05) is 0 Å². The van der Waals surface area contributed by atoms with Gasteiger partial charge < -0.3 is 5.32 Å². The summed E-state index contributed by atoms with van der Waals surface area (Å²) in [6.07, 6.45) is 0.506. The highest BCUT2D eigenvalue weighted by Gasteiger charge is 2.19. The second kappa shape index (κ2) is 6.98. The molecule has 0 aliphatic rings. The smallest absolute Gasteiger partial charge is 0.290 e. The molecular formula is C12H10Cl2N2O3. The molecule has 0 unspecified atom stereocenters. The molecule has 0 saturated heterocycles. The number of carbonyl (C=O) groups is 1. The fraction of sp³-hybridized carbons (Fsp3) is 0.250. The van der Waals surface area contributed by atoms with Crippen LogP contribution >= 0.6 is 23.2 Å². The maximum atomic E-state index is 11.8. The van der Waals surface area contributed by atoms with Crippen LogP contribution in [-0.4, -0.2) is 17.4 Å². The molecule has 0 spiro atoms. The van der Waals surface area contributed by atoms with Crippen molar-refractivity contribution in [2.45, 2.75) is 13.3 Å². The zero-order chi connectivity index (χ0) is 14.4. The molecule has 0 bridgehead atoms. The van der Waals surface area contributed by atoms with Crippen LogP contribution in [0, 0.1) is 22.0 Å². The van der Waals surface area contributed by atoms with Gasteiger partial charge in [0.15, 0.2) is 0 Å². The van der Waals surface area contributed by atoms with E-state index in [0.29, 0.717) is 13.0 Å². The van der Waals surface area contributed by atoms with E-state index < -0.39 is 16.5 Å². The Kier molecular flexibility index (Phi) is 5.61. The van der Waals surface area contributed by atoms with Crippen molar-refractivity contribution in [1.82, 2.24) is 5.32 Å². The second-order valence-electron chi connectivity index (χ2n) is 3.48. The lowest BCUT2D eigenvalue weighted by Gasteiger charge is -2.05. The molecule has 0 radical (unpaired) electrons. The van der Waals surface area contributed by atoms with E-state index in [2.05, 4.69) is 17.2 Å². The van der Waals surface area contributed by atoms with Gasteiger partial charge in [-0.05, 0) is 13.0 Å². The van der Waals surface area contributed by atoms with Crippen molar-refractivity contribution in [2.75, 3.05) is 6.54 Å². The number of benzene rings is 1. The van der Waals surface area contributed by atoms with Crippen LogP contribution in [0.25, 0.3) is 0 Å². The van der Waals surface area contributed by atoms with E-state index in [0.717, 1.165) is 6.07 Å². The zero-order valence-corrected chi connectivity index (χ0v) is 11.5. The molecule has 1 amide bonds. The number of nitro benzene ring substituents is 1. The molecular weight excluding hydrogens is 291 g/mol. The number of hydrogen-bond acceptors (Lipinski definition) is 3. The summed E-state index contributed by atoms with van der Waals surface area (Å²) in [6, 6.07) is 2.38. The average Bonchev–Trinajstić information content (AvgIpc) is 2.37. The summed E-state index contributed by atoms with van der Waals surface area (Å²) in [6.45, 7) is 2.05. The first-order valence-corrected chi connectivity index (χ1v) is 6.04. The number of nitro groups is 1. The first-order valence-electron chi connectivity index (χ1n) is 5.28. The third-order valence-electron chi connectivity index (χ3n) is 2.18. The topological polar surface area (TPSA) is 72.2 Å². The Bertz CT molecular complexity index is 576. The van der Waals surface area contributed by atoms with Crippen LogP contribution < -0.4 is 5.32 Å². The van der Waals surface area contributed by atoms with Gasteiger partial charge in [-0.2, -0.15) is 0 Å². The predicted molar refractivity (Wildman–Crippen MR) is 73.5 cm³/mol. The van der Waals surface area contributed by atoms with Crippen LogP contribution in [0.4, 0.5) is 5.69 Å². The van der Waals surface area contributed by atoms with Crippen LogP contribution in [0.2, 0.25) is 10.0 Å². The lowest BCUT2D eigenvalue weighted by molar-refractivity contribution is -0.384. The number of nitrogens with one attached hydrogen (secondary N) is 1. The van der Waals surface area contributed by atoms with Crippen molar-refractivity contribution in [3.63, 3.8) is 0 Å². The van der Waals surface area contributed by atoms with Gasteiger partial charge in [-0.3, -0.25) is 14.9 Å². The molecule has 0 atom stereocenters. The lowest BCUT2D eigenvalue weighted by Crippen LogP contribution is -2.24. The zero-order valence-electron chi connectivity index (χ0n) is 10.00. The van der Waals surface area contributed by atoms with E-state index in [1.165, 1.54) is 6.07 Å². The van der Waals surface area contributed by atoms with Gasteiger partial charge in [-0.25, -0.2) is 0 Å². The van der Waals surface area contributed by atoms with Gasteiger partial charge in [0, 0.05) is 24.6 Å². The van der Waals surface area contributed by atoms with Crippen molar-refractivity contribution in [1.29, 1.82) is 0 Å². The van der Waals surface area contributed by atoms with Crippen LogP contribution in [0.15, 0.2) is 12.1 Å². The minimum Gasteiger partial charge on any atom is -0.351 e. The fourth-order valence-corrected chi connectivity index (χ4v) is 1.70. The van der Waals surface area contributed by atoms with Crippen molar-refractivity contribution in [2.24, 2.45) is 0 Å². The summed E-state index contributed by atoms with van der Waals surface area (Å²) < 4.78 is 0. The minimum atomic E-state index is -0.687. The Labute approximate surface area is 120 Å². The average molecular weight is 301 g/mol. The van der Waals surface area contributed by atoms with E-state index in [4.69, 9.17) is 23.2 Å². The van der Waals surface area contributed by atoms with Gasteiger partial charge in [-0.1, -0.05) is 23.2 Å². The van der Waals surface area contributed by atoms with Crippen molar-refractivity contribution < 1.29 is 9.72 Å². The van der Waals surface area contributed by atoms with Crippen LogP contribution in [0.3, 0.4) is 0 Å².